The fourth-order valence-electron chi connectivity index (χ4n) is 2.27. The van der Waals surface area contributed by atoms with E-state index in [2.05, 4.69) is 31.8 Å². The van der Waals surface area contributed by atoms with Crippen LogP contribution in [0.3, 0.4) is 0 Å². The molecule has 92 valence electrons. The topological polar surface area (TPSA) is 30.2 Å². The molecule has 0 aliphatic rings. The highest BCUT2D eigenvalue weighted by Gasteiger charge is 2.22. The van der Waals surface area contributed by atoms with Crippen LogP contribution in [-0.2, 0) is 0 Å². The van der Waals surface area contributed by atoms with Crippen molar-refractivity contribution in [2.45, 2.75) is 19.6 Å². The van der Waals surface area contributed by atoms with Gasteiger partial charge in [0, 0.05) is 10.8 Å². The number of thiophene rings is 1. The van der Waals surface area contributed by atoms with Gasteiger partial charge in [0.05, 0.1) is 8.07 Å². The quantitative estimate of drug-likeness (QED) is 0.502. The number of rotatable bonds is 1. The van der Waals surface area contributed by atoms with E-state index in [1.807, 2.05) is 17.5 Å². The minimum absolute atomic E-state index is 0.210. The van der Waals surface area contributed by atoms with Gasteiger partial charge in [0.1, 0.15) is 10.3 Å². The van der Waals surface area contributed by atoms with Gasteiger partial charge in [-0.25, -0.2) is 4.79 Å². The lowest BCUT2D eigenvalue weighted by atomic mass is 10.2. The van der Waals surface area contributed by atoms with Crippen molar-refractivity contribution in [2.24, 2.45) is 0 Å². The molecule has 0 atom stereocenters. The van der Waals surface area contributed by atoms with Crippen LogP contribution in [0, 0.1) is 0 Å². The lowest BCUT2D eigenvalue weighted by molar-refractivity contribution is 0.573. The summed E-state index contributed by atoms with van der Waals surface area (Å²) in [6.07, 6.45) is 0. The van der Waals surface area contributed by atoms with E-state index in [1.165, 1.54) is 16.5 Å². The lowest BCUT2D eigenvalue weighted by Crippen LogP contribution is -2.38. The Morgan fingerprint density at radius 3 is 2.61 bits per heavy atom. The second-order valence-corrected chi connectivity index (χ2v) is 11.4. The van der Waals surface area contributed by atoms with E-state index < -0.39 is 8.07 Å². The van der Waals surface area contributed by atoms with E-state index in [4.69, 9.17) is 4.42 Å². The van der Waals surface area contributed by atoms with Crippen molar-refractivity contribution in [3.8, 4) is 0 Å². The summed E-state index contributed by atoms with van der Waals surface area (Å²) in [7, 11) is -1.52. The van der Waals surface area contributed by atoms with Crippen LogP contribution in [0.1, 0.15) is 0 Å². The monoisotopic (exact) mass is 274 g/mol. The van der Waals surface area contributed by atoms with Crippen molar-refractivity contribution >= 4 is 45.7 Å². The first kappa shape index (κ1) is 11.7. The molecule has 18 heavy (non-hydrogen) atoms. The van der Waals surface area contributed by atoms with Gasteiger partial charge < -0.3 is 4.42 Å². The largest absolute Gasteiger partial charge is 0.422 e. The molecule has 3 aromatic rings. The zero-order valence-corrected chi connectivity index (χ0v) is 12.4. The SMILES string of the molecule is C[Si](C)(C)c1cccc2c1oc(=O)c1sccc12. The predicted octanol–water partition coefficient (Wildman–Crippen LogP) is 3.55. The molecule has 2 heterocycles. The average Bonchev–Trinajstić information content (AvgIpc) is 2.77. The first-order valence-corrected chi connectivity index (χ1v) is 10.3. The minimum atomic E-state index is -1.52. The third-order valence-corrected chi connectivity index (χ3v) is 6.06. The lowest BCUT2D eigenvalue weighted by Gasteiger charge is -2.17. The van der Waals surface area contributed by atoms with Crippen molar-refractivity contribution in [2.75, 3.05) is 0 Å². The zero-order chi connectivity index (χ0) is 12.9. The van der Waals surface area contributed by atoms with E-state index in [0.29, 0.717) is 0 Å². The van der Waals surface area contributed by atoms with Gasteiger partial charge in [-0.05, 0) is 16.6 Å². The van der Waals surface area contributed by atoms with Crippen LogP contribution in [-0.4, -0.2) is 8.07 Å². The van der Waals surface area contributed by atoms with Crippen molar-refractivity contribution in [3.63, 3.8) is 0 Å². The van der Waals surface area contributed by atoms with Gasteiger partial charge in [0.25, 0.3) is 0 Å². The van der Waals surface area contributed by atoms with Crippen molar-refractivity contribution in [1.29, 1.82) is 0 Å². The van der Waals surface area contributed by atoms with Crippen LogP contribution < -0.4 is 10.8 Å². The van der Waals surface area contributed by atoms with Gasteiger partial charge >= 0.3 is 5.63 Å². The van der Waals surface area contributed by atoms with E-state index in [1.54, 1.807) is 0 Å². The van der Waals surface area contributed by atoms with Crippen LogP contribution in [0.5, 0.6) is 0 Å². The summed E-state index contributed by atoms with van der Waals surface area (Å²) in [4.78, 5) is 12.0. The maximum atomic E-state index is 12.0. The van der Waals surface area contributed by atoms with Crippen molar-refractivity contribution < 1.29 is 4.42 Å². The molecule has 0 amide bonds. The van der Waals surface area contributed by atoms with Gasteiger partial charge in [-0.3, -0.25) is 0 Å². The number of hydrogen-bond donors (Lipinski definition) is 0. The number of benzene rings is 1. The Bertz CT molecular complexity index is 793. The highest BCUT2D eigenvalue weighted by Crippen LogP contribution is 2.26. The maximum Gasteiger partial charge on any atom is 0.354 e. The van der Waals surface area contributed by atoms with Gasteiger partial charge in [-0.2, -0.15) is 0 Å². The second-order valence-electron chi connectivity index (χ2n) is 5.49. The summed E-state index contributed by atoms with van der Waals surface area (Å²) < 4.78 is 6.30. The highest BCUT2D eigenvalue weighted by atomic mass is 32.1. The van der Waals surface area contributed by atoms with Crippen molar-refractivity contribution in [1.82, 2.24) is 0 Å². The van der Waals surface area contributed by atoms with E-state index in [0.717, 1.165) is 21.1 Å². The molecule has 0 unspecified atom stereocenters. The molecule has 2 aromatic heterocycles. The molecule has 0 radical (unpaired) electrons. The molecule has 0 fully saturated rings. The van der Waals surface area contributed by atoms with E-state index in [9.17, 15) is 4.79 Å². The Morgan fingerprint density at radius 1 is 1.11 bits per heavy atom. The first-order chi connectivity index (χ1) is 8.48. The molecule has 3 rings (SSSR count). The van der Waals surface area contributed by atoms with Gasteiger partial charge in [-0.15, -0.1) is 11.3 Å². The van der Waals surface area contributed by atoms with Crippen LogP contribution in [0.2, 0.25) is 19.6 Å². The normalized spacial score (nSPS) is 12.4. The van der Waals surface area contributed by atoms with Crippen LogP contribution in [0.15, 0.2) is 38.9 Å². The summed E-state index contributed by atoms with van der Waals surface area (Å²) >= 11 is 1.45. The zero-order valence-electron chi connectivity index (χ0n) is 10.6. The number of para-hydroxylation sites is 1. The van der Waals surface area contributed by atoms with Crippen molar-refractivity contribution in [3.05, 3.63) is 40.1 Å². The Labute approximate surface area is 110 Å². The first-order valence-electron chi connectivity index (χ1n) is 5.92. The minimum Gasteiger partial charge on any atom is -0.422 e. The molecule has 2 nitrogen and oxygen atoms in total. The summed E-state index contributed by atoms with van der Waals surface area (Å²) in [5.41, 5.74) is 0.575. The fraction of sp³-hybridized carbons (Fsp3) is 0.214. The molecule has 0 N–H and O–H groups in total. The molecular weight excluding hydrogens is 260 g/mol. The Morgan fingerprint density at radius 2 is 1.89 bits per heavy atom. The van der Waals surface area contributed by atoms with Gasteiger partial charge in [-0.1, -0.05) is 37.8 Å². The molecule has 4 heteroatoms. The molecule has 0 saturated heterocycles. The molecule has 0 aliphatic heterocycles. The fourth-order valence-corrected chi connectivity index (χ4v) is 4.51. The standard InChI is InChI=1S/C14H14O2SSi/c1-18(2,3)11-6-4-5-9-10-7-8-17-13(10)14(15)16-12(9)11/h4-8H,1-3H3. The smallest absolute Gasteiger partial charge is 0.354 e. The molecule has 0 saturated carbocycles. The molecular formula is C14H14O2SSi. The summed E-state index contributed by atoms with van der Waals surface area (Å²) in [6, 6.07) is 8.20. The average molecular weight is 274 g/mol. The summed E-state index contributed by atoms with van der Waals surface area (Å²) in [5.74, 6) is 0. The molecule has 0 bridgehead atoms. The summed E-state index contributed by atoms with van der Waals surface area (Å²) in [6.45, 7) is 6.79. The van der Waals surface area contributed by atoms with Crippen LogP contribution in [0.4, 0.5) is 0 Å². The van der Waals surface area contributed by atoms with Crippen LogP contribution in [0.25, 0.3) is 21.1 Å². The summed E-state index contributed by atoms with van der Waals surface area (Å²) in [5, 5.41) is 5.24. The Balaban J connectivity index is 2.57. The third kappa shape index (κ3) is 1.64. The molecule has 1 aromatic carbocycles. The predicted molar refractivity (Wildman–Crippen MR) is 80.8 cm³/mol. The molecule has 0 aliphatic carbocycles. The van der Waals surface area contributed by atoms with E-state index in [-0.39, 0.29) is 5.63 Å². The Hall–Kier alpha value is -1.39. The second kappa shape index (κ2) is 3.80. The number of hydrogen-bond acceptors (Lipinski definition) is 3. The third-order valence-electron chi connectivity index (χ3n) is 3.16. The number of fused-ring (bicyclic) bond motifs is 3. The van der Waals surface area contributed by atoms with Gasteiger partial charge in [0.2, 0.25) is 0 Å². The van der Waals surface area contributed by atoms with Gasteiger partial charge in [0.15, 0.2) is 0 Å². The maximum absolute atomic E-state index is 12.0. The highest BCUT2D eigenvalue weighted by molar-refractivity contribution is 7.17. The van der Waals surface area contributed by atoms with Crippen LogP contribution >= 0.6 is 11.3 Å². The Kier molecular flexibility index (Phi) is 2.47. The van der Waals surface area contributed by atoms with E-state index >= 15 is 0 Å². The molecule has 0 spiro atoms.